The first-order chi connectivity index (χ1) is 9.12. The summed E-state index contributed by atoms with van der Waals surface area (Å²) in [6, 6.07) is 5.55. The van der Waals surface area contributed by atoms with Crippen LogP contribution in [0.2, 0.25) is 0 Å². The molecule has 1 heterocycles. The lowest BCUT2D eigenvalue weighted by atomic mass is 10.2. The van der Waals surface area contributed by atoms with E-state index < -0.39 is 10.0 Å². The smallest absolute Gasteiger partial charge is 0.211 e. The Morgan fingerprint density at radius 1 is 1.26 bits per heavy atom. The Bertz CT molecular complexity index is 638. The van der Waals surface area contributed by atoms with Crippen LogP contribution in [0, 0.1) is 0 Å². The highest BCUT2D eigenvalue weighted by atomic mass is 32.2. The summed E-state index contributed by atoms with van der Waals surface area (Å²) in [6.45, 7) is 2.66. The molecule has 0 saturated heterocycles. The molecular formula is C11H16N4O3S. The van der Waals surface area contributed by atoms with E-state index in [1.54, 1.807) is 6.92 Å². The lowest BCUT2D eigenvalue weighted by molar-refractivity contribution is 0.315. The minimum atomic E-state index is -3.11. The molecule has 0 aliphatic heterocycles. The molecule has 0 unspecified atom stereocenters. The van der Waals surface area contributed by atoms with Crippen LogP contribution in [0.5, 0.6) is 0 Å². The number of sulfonamides is 1. The third-order valence-electron chi connectivity index (χ3n) is 2.66. The van der Waals surface area contributed by atoms with Gasteiger partial charge in [0.1, 0.15) is 5.52 Å². The number of fused-ring (bicyclic) bond motifs is 1. The lowest BCUT2D eigenvalue weighted by Crippen LogP contribution is -2.27. The van der Waals surface area contributed by atoms with Gasteiger partial charge in [-0.1, -0.05) is 6.07 Å². The molecule has 0 atom stereocenters. The fourth-order valence-corrected chi connectivity index (χ4v) is 2.25. The van der Waals surface area contributed by atoms with Crippen LogP contribution in [0.4, 0.5) is 5.69 Å². The molecule has 0 radical (unpaired) electrons. The Balaban J connectivity index is 1.82. The summed E-state index contributed by atoms with van der Waals surface area (Å²) in [7, 11) is -3.11. The van der Waals surface area contributed by atoms with E-state index in [-0.39, 0.29) is 5.75 Å². The molecule has 1 aromatic carbocycles. The van der Waals surface area contributed by atoms with Crippen molar-refractivity contribution in [1.82, 2.24) is 15.0 Å². The number of nitrogens with one attached hydrogen (secondary N) is 2. The zero-order valence-electron chi connectivity index (χ0n) is 10.6. The molecule has 19 heavy (non-hydrogen) atoms. The molecule has 8 heteroatoms. The third-order valence-corrected chi connectivity index (χ3v) is 4.06. The van der Waals surface area contributed by atoms with E-state index in [4.69, 9.17) is 0 Å². The van der Waals surface area contributed by atoms with E-state index in [9.17, 15) is 8.42 Å². The second-order valence-corrected chi connectivity index (χ2v) is 6.11. The molecule has 0 amide bonds. The molecule has 0 saturated carbocycles. The second kappa shape index (κ2) is 5.98. The maximum absolute atomic E-state index is 11.2. The molecule has 0 aliphatic carbocycles. The van der Waals surface area contributed by atoms with E-state index in [1.165, 1.54) is 0 Å². The molecule has 0 bridgehead atoms. The number of nitrogens with zero attached hydrogens (tertiary/aromatic N) is 2. The second-order valence-electron chi connectivity index (χ2n) is 4.02. The maximum atomic E-state index is 11.2. The first-order valence-corrected chi connectivity index (χ1v) is 7.70. The molecule has 104 valence electrons. The summed E-state index contributed by atoms with van der Waals surface area (Å²) in [5, 5.41) is 10.7. The molecule has 0 spiro atoms. The number of aromatic nitrogens is 2. The zero-order valence-corrected chi connectivity index (χ0v) is 11.4. The topological polar surface area (TPSA) is 97.1 Å². The maximum Gasteiger partial charge on any atom is 0.211 e. The summed E-state index contributed by atoms with van der Waals surface area (Å²) in [6.07, 6.45) is 0.681. The van der Waals surface area contributed by atoms with Crippen molar-refractivity contribution in [1.29, 1.82) is 0 Å². The predicted molar refractivity (Wildman–Crippen MR) is 72.4 cm³/mol. The van der Waals surface area contributed by atoms with Gasteiger partial charge in [0.15, 0.2) is 5.52 Å². The molecule has 7 nitrogen and oxygen atoms in total. The van der Waals surface area contributed by atoms with Crippen LogP contribution in [0.25, 0.3) is 11.0 Å². The summed E-state index contributed by atoms with van der Waals surface area (Å²) >= 11 is 0. The van der Waals surface area contributed by atoms with Crippen molar-refractivity contribution >= 4 is 26.7 Å². The third kappa shape index (κ3) is 3.65. The van der Waals surface area contributed by atoms with Crippen LogP contribution < -0.4 is 10.0 Å². The minimum Gasteiger partial charge on any atom is -0.383 e. The average molecular weight is 284 g/mol. The SMILES string of the molecule is CCS(=O)(=O)NCCCNc1cccc2nonc12. The summed E-state index contributed by atoms with van der Waals surface area (Å²) < 4.78 is 29.6. The Kier molecular flexibility index (Phi) is 4.33. The highest BCUT2D eigenvalue weighted by Crippen LogP contribution is 2.19. The molecule has 0 aliphatic rings. The van der Waals surface area contributed by atoms with Gasteiger partial charge in [0.2, 0.25) is 10.0 Å². The fourth-order valence-electron chi connectivity index (χ4n) is 1.59. The molecular weight excluding hydrogens is 268 g/mol. The first-order valence-electron chi connectivity index (χ1n) is 6.05. The van der Waals surface area contributed by atoms with E-state index in [0.29, 0.717) is 30.5 Å². The summed E-state index contributed by atoms with van der Waals surface area (Å²) in [5.74, 6) is 0.102. The highest BCUT2D eigenvalue weighted by Gasteiger charge is 2.06. The Morgan fingerprint density at radius 2 is 2.11 bits per heavy atom. The van der Waals surface area contributed by atoms with Gasteiger partial charge >= 0.3 is 0 Å². The van der Waals surface area contributed by atoms with Gasteiger partial charge in [-0.15, -0.1) is 0 Å². The predicted octanol–water partition coefficient (Wildman–Crippen LogP) is 0.964. The summed E-state index contributed by atoms with van der Waals surface area (Å²) in [4.78, 5) is 0. The molecule has 2 N–H and O–H groups in total. The summed E-state index contributed by atoms with van der Waals surface area (Å²) in [5.41, 5.74) is 2.20. The molecule has 2 rings (SSSR count). The minimum absolute atomic E-state index is 0.102. The van der Waals surface area contributed by atoms with Crippen LogP contribution in [0.15, 0.2) is 22.8 Å². The van der Waals surface area contributed by atoms with Gasteiger partial charge in [0, 0.05) is 13.1 Å². The van der Waals surface area contributed by atoms with E-state index in [2.05, 4.69) is 25.0 Å². The first kappa shape index (κ1) is 13.8. The van der Waals surface area contributed by atoms with Crippen LogP contribution >= 0.6 is 0 Å². The quantitative estimate of drug-likeness (QED) is 0.735. The van der Waals surface area contributed by atoms with Crippen molar-refractivity contribution in [3.63, 3.8) is 0 Å². The van der Waals surface area contributed by atoms with Gasteiger partial charge in [0.05, 0.1) is 11.4 Å². The highest BCUT2D eigenvalue weighted by molar-refractivity contribution is 7.89. The number of benzene rings is 1. The Morgan fingerprint density at radius 3 is 2.89 bits per heavy atom. The molecule has 0 fully saturated rings. The van der Waals surface area contributed by atoms with Crippen molar-refractivity contribution in [2.45, 2.75) is 13.3 Å². The number of hydrogen-bond donors (Lipinski definition) is 2. The fraction of sp³-hybridized carbons (Fsp3) is 0.455. The van der Waals surface area contributed by atoms with Crippen LogP contribution in [0.1, 0.15) is 13.3 Å². The Labute approximate surface area is 111 Å². The lowest BCUT2D eigenvalue weighted by Gasteiger charge is -2.07. The number of rotatable bonds is 7. The number of anilines is 1. The van der Waals surface area contributed by atoms with Gasteiger partial charge in [-0.05, 0) is 35.8 Å². The van der Waals surface area contributed by atoms with Gasteiger partial charge in [-0.2, -0.15) is 0 Å². The van der Waals surface area contributed by atoms with Crippen LogP contribution in [-0.2, 0) is 10.0 Å². The van der Waals surface area contributed by atoms with E-state index in [0.717, 1.165) is 5.69 Å². The van der Waals surface area contributed by atoms with Crippen molar-refractivity contribution in [2.24, 2.45) is 0 Å². The van der Waals surface area contributed by atoms with Crippen molar-refractivity contribution in [2.75, 3.05) is 24.2 Å². The van der Waals surface area contributed by atoms with Crippen LogP contribution in [-0.4, -0.2) is 37.6 Å². The van der Waals surface area contributed by atoms with Gasteiger partial charge in [0.25, 0.3) is 0 Å². The average Bonchev–Trinajstić information content (AvgIpc) is 2.87. The molecule has 1 aromatic heterocycles. The van der Waals surface area contributed by atoms with E-state index in [1.807, 2.05) is 18.2 Å². The van der Waals surface area contributed by atoms with Gasteiger partial charge < -0.3 is 5.32 Å². The zero-order chi connectivity index (χ0) is 13.7. The monoisotopic (exact) mass is 284 g/mol. The van der Waals surface area contributed by atoms with Crippen molar-refractivity contribution in [3.8, 4) is 0 Å². The largest absolute Gasteiger partial charge is 0.383 e. The number of hydrogen-bond acceptors (Lipinski definition) is 6. The normalized spacial score (nSPS) is 11.8. The van der Waals surface area contributed by atoms with Crippen LogP contribution in [0.3, 0.4) is 0 Å². The molecule has 2 aromatic rings. The standard InChI is InChI=1S/C11H16N4O3S/c1-2-19(16,17)13-8-4-7-12-9-5-3-6-10-11(9)15-18-14-10/h3,5-6,12-13H,2,4,7-8H2,1H3. The Hall–Kier alpha value is -1.67. The van der Waals surface area contributed by atoms with E-state index >= 15 is 0 Å². The van der Waals surface area contributed by atoms with Gasteiger partial charge in [-0.3, -0.25) is 0 Å². The van der Waals surface area contributed by atoms with Crippen molar-refractivity contribution < 1.29 is 13.0 Å². The van der Waals surface area contributed by atoms with Crippen molar-refractivity contribution in [3.05, 3.63) is 18.2 Å². The van der Waals surface area contributed by atoms with Gasteiger partial charge in [-0.25, -0.2) is 17.8 Å².